The molecule has 1 unspecified atom stereocenters. The Hall–Kier alpha value is -1.12. The number of aldehydes is 1. The topological polar surface area (TPSA) is 34.9 Å². The number of hydrogen-bond donors (Lipinski definition) is 0. The van der Waals surface area contributed by atoms with Gasteiger partial charge in [0.25, 0.3) is 0 Å². The second kappa shape index (κ2) is 3.73. The van der Waals surface area contributed by atoms with Crippen LogP contribution in [0.2, 0.25) is 0 Å². The van der Waals surface area contributed by atoms with Crippen LogP contribution in [0.25, 0.3) is 0 Å². The van der Waals surface area contributed by atoms with E-state index in [1.807, 2.05) is 18.7 Å². The van der Waals surface area contributed by atoms with E-state index in [4.69, 9.17) is 0 Å². The van der Waals surface area contributed by atoms with Crippen molar-refractivity contribution in [2.75, 3.05) is 0 Å². The first kappa shape index (κ1) is 9.96. The summed E-state index contributed by atoms with van der Waals surface area (Å²) in [5.41, 5.74) is 2.64. The second-order valence-corrected chi connectivity index (χ2v) is 3.44. The maximum absolute atomic E-state index is 10.8. The molecule has 0 aliphatic rings. The van der Waals surface area contributed by atoms with Crippen molar-refractivity contribution in [2.45, 2.75) is 33.1 Å². The van der Waals surface area contributed by atoms with Crippen LogP contribution in [-0.2, 0) is 7.05 Å². The zero-order valence-electron chi connectivity index (χ0n) is 8.66. The lowest BCUT2D eigenvalue weighted by molar-refractivity contribution is 0.112. The summed E-state index contributed by atoms with van der Waals surface area (Å²) in [5, 5.41) is 4.24. The van der Waals surface area contributed by atoms with Crippen molar-refractivity contribution in [3.8, 4) is 0 Å². The molecule has 3 heteroatoms. The minimum Gasteiger partial charge on any atom is -0.298 e. The summed E-state index contributed by atoms with van der Waals surface area (Å²) < 4.78 is 1.81. The van der Waals surface area contributed by atoms with E-state index in [1.54, 1.807) is 0 Å². The monoisotopic (exact) mass is 180 g/mol. The van der Waals surface area contributed by atoms with Crippen LogP contribution < -0.4 is 0 Å². The summed E-state index contributed by atoms with van der Waals surface area (Å²) in [6.45, 7) is 6.10. The lowest BCUT2D eigenvalue weighted by Crippen LogP contribution is -2.04. The van der Waals surface area contributed by atoms with Crippen molar-refractivity contribution >= 4 is 6.29 Å². The van der Waals surface area contributed by atoms with E-state index in [-0.39, 0.29) is 0 Å². The van der Waals surface area contributed by atoms with Gasteiger partial charge in [0.1, 0.15) is 0 Å². The lowest BCUT2D eigenvalue weighted by Gasteiger charge is -2.09. The van der Waals surface area contributed by atoms with Crippen molar-refractivity contribution in [1.82, 2.24) is 9.78 Å². The third kappa shape index (κ3) is 1.64. The average Bonchev–Trinajstić information content (AvgIpc) is 2.39. The van der Waals surface area contributed by atoms with E-state index >= 15 is 0 Å². The van der Waals surface area contributed by atoms with Gasteiger partial charge in [0.2, 0.25) is 0 Å². The van der Waals surface area contributed by atoms with Crippen molar-refractivity contribution in [1.29, 1.82) is 0 Å². The molecule has 1 aromatic heterocycles. The zero-order valence-corrected chi connectivity index (χ0v) is 8.66. The van der Waals surface area contributed by atoms with Crippen LogP contribution in [-0.4, -0.2) is 16.1 Å². The van der Waals surface area contributed by atoms with Crippen molar-refractivity contribution in [2.24, 2.45) is 7.05 Å². The summed E-state index contributed by atoms with van der Waals surface area (Å²) in [6, 6.07) is 0. The predicted molar refractivity (Wildman–Crippen MR) is 52.0 cm³/mol. The molecular weight excluding hydrogens is 164 g/mol. The predicted octanol–water partition coefficient (Wildman–Crippen LogP) is 2.05. The van der Waals surface area contributed by atoms with Gasteiger partial charge in [-0.25, -0.2) is 0 Å². The zero-order chi connectivity index (χ0) is 10.0. The van der Waals surface area contributed by atoms with Crippen molar-refractivity contribution in [3.05, 3.63) is 17.0 Å². The van der Waals surface area contributed by atoms with Gasteiger partial charge in [-0.15, -0.1) is 0 Å². The van der Waals surface area contributed by atoms with Gasteiger partial charge in [-0.3, -0.25) is 9.48 Å². The van der Waals surface area contributed by atoms with Gasteiger partial charge in [-0.1, -0.05) is 13.8 Å². The van der Waals surface area contributed by atoms with Crippen LogP contribution in [0, 0.1) is 6.92 Å². The SMILES string of the molecule is CCC(C)c1c(C=O)c(C)nn1C. The molecule has 13 heavy (non-hydrogen) atoms. The highest BCUT2D eigenvalue weighted by Gasteiger charge is 2.16. The van der Waals surface area contributed by atoms with Gasteiger partial charge in [0.05, 0.1) is 17.0 Å². The molecule has 0 aliphatic heterocycles. The maximum Gasteiger partial charge on any atom is 0.153 e. The molecule has 0 spiro atoms. The highest BCUT2D eigenvalue weighted by Crippen LogP contribution is 2.22. The first-order valence-corrected chi connectivity index (χ1v) is 4.60. The quantitative estimate of drug-likeness (QED) is 0.667. The Morgan fingerprint density at radius 1 is 1.62 bits per heavy atom. The molecule has 1 heterocycles. The molecule has 0 fully saturated rings. The van der Waals surface area contributed by atoms with Crippen LogP contribution in [0.15, 0.2) is 0 Å². The van der Waals surface area contributed by atoms with Gasteiger partial charge in [-0.05, 0) is 19.3 Å². The first-order valence-electron chi connectivity index (χ1n) is 4.60. The Balaban J connectivity index is 3.24. The molecule has 0 aliphatic carbocycles. The fraction of sp³-hybridized carbons (Fsp3) is 0.600. The second-order valence-electron chi connectivity index (χ2n) is 3.44. The van der Waals surface area contributed by atoms with E-state index < -0.39 is 0 Å². The van der Waals surface area contributed by atoms with Crippen LogP contribution in [0.3, 0.4) is 0 Å². The van der Waals surface area contributed by atoms with Crippen LogP contribution in [0.4, 0.5) is 0 Å². The molecular formula is C10H16N2O. The van der Waals surface area contributed by atoms with E-state index in [9.17, 15) is 4.79 Å². The summed E-state index contributed by atoms with van der Waals surface area (Å²) in [4.78, 5) is 10.8. The minimum absolute atomic E-state index is 0.395. The Labute approximate surface area is 78.8 Å². The van der Waals surface area contributed by atoms with E-state index in [0.29, 0.717) is 5.92 Å². The van der Waals surface area contributed by atoms with Crippen LogP contribution in [0.1, 0.15) is 47.9 Å². The number of aryl methyl sites for hydroxylation is 2. The maximum atomic E-state index is 10.8. The molecule has 0 saturated heterocycles. The molecule has 72 valence electrons. The molecule has 0 bridgehead atoms. The number of hydrogen-bond acceptors (Lipinski definition) is 2. The standard InChI is InChI=1S/C10H16N2O/c1-5-7(2)10-9(6-13)8(3)11-12(10)4/h6-7H,5H2,1-4H3. The highest BCUT2D eigenvalue weighted by atomic mass is 16.1. The van der Waals surface area contributed by atoms with E-state index in [0.717, 1.165) is 29.7 Å². The number of rotatable bonds is 3. The summed E-state index contributed by atoms with van der Waals surface area (Å²) in [5.74, 6) is 0.395. The smallest absolute Gasteiger partial charge is 0.153 e. The number of nitrogens with zero attached hydrogens (tertiary/aromatic N) is 2. The summed E-state index contributed by atoms with van der Waals surface area (Å²) in [6.07, 6.45) is 1.93. The fourth-order valence-corrected chi connectivity index (χ4v) is 1.62. The lowest BCUT2D eigenvalue weighted by atomic mass is 10.0. The van der Waals surface area contributed by atoms with Gasteiger partial charge in [-0.2, -0.15) is 5.10 Å². The van der Waals surface area contributed by atoms with Crippen molar-refractivity contribution in [3.63, 3.8) is 0 Å². The molecule has 0 N–H and O–H groups in total. The number of aromatic nitrogens is 2. The van der Waals surface area contributed by atoms with Crippen molar-refractivity contribution < 1.29 is 4.79 Å². The highest BCUT2D eigenvalue weighted by molar-refractivity contribution is 5.78. The number of carbonyl (C=O) groups excluding carboxylic acids is 1. The molecule has 1 aromatic rings. The molecule has 1 rings (SSSR count). The van der Waals surface area contributed by atoms with E-state index in [2.05, 4.69) is 18.9 Å². The first-order chi connectivity index (χ1) is 6.11. The molecule has 0 aromatic carbocycles. The third-order valence-electron chi connectivity index (χ3n) is 2.51. The molecule has 0 radical (unpaired) electrons. The van der Waals surface area contributed by atoms with Gasteiger partial charge in [0.15, 0.2) is 6.29 Å². The molecule has 1 atom stereocenters. The minimum atomic E-state index is 0.395. The Morgan fingerprint density at radius 3 is 2.69 bits per heavy atom. The Morgan fingerprint density at radius 2 is 2.23 bits per heavy atom. The fourth-order valence-electron chi connectivity index (χ4n) is 1.62. The summed E-state index contributed by atoms with van der Waals surface area (Å²) in [7, 11) is 1.89. The molecule has 3 nitrogen and oxygen atoms in total. The molecule has 0 saturated carbocycles. The van der Waals surface area contributed by atoms with Crippen LogP contribution >= 0.6 is 0 Å². The third-order valence-corrected chi connectivity index (χ3v) is 2.51. The largest absolute Gasteiger partial charge is 0.298 e. The normalized spacial score (nSPS) is 12.9. The van der Waals surface area contributed by atoms with Gasteiger partial charge < -0.3 is 0 Å². The Kier molecular flexibility index (Phi) is 2.86. The number of carbonyl (C=O) groups is 1. The average molecular weight is 180 g/mol. The van der Waals surface area contributed by atoms with Gasteiger partial charge >= 0.3 is 0 Å². The van der Waals surface area contributed by atoms with Gasteiger partial charge in [0, 0.05) is 7.05 Å². The van der Waals surface area contributed by atoms with E-state index in [1.165, 1.54) is 0 Å². The van der Waals surface area contributed by atoms with Crippen LogP contribution in [0.5, 0.6) is 0 Å². The Bertz CT molecular complexity index is 315. The summed E-state index contributed by atoms with van der Waals surface area (Å²) >= 11 is 0. The molecule has 0 amide bonds.